The summed E-state index contributed by atoms with van der Waals surface area (Å²) >= 11 is 1.44. The monoisotopic (exact) mass is 385 g/mol. The van der Waals surface area contributed by atoms with E-state index in [1.54, 1.807) is 0 Å². The molecule has 0 atom stereocenters. The van der Waals surface area contributed by atoms with Crippen molar-refractivity contribution in [3.05, 3.63) is 46.5 Å². The summed E-state index contributed by atoms with van der Waals surface area (Å²) in [5.74, 6) is 2.39. The van der Waals surface area contributed by atoms with Crippen molar-refractivity contribution < 1.29 is 18.8 Å². The lowest BCUT2D eigenvalue weighted by molar-refractivity contribution is 0.0709. The molecule has 0 unspecified atom stereocenters. The molecule has 0 aliphatic carbocycles. The summed E-state index contributed by atoms with van der Waals surface area (Å²) in [6, 6.07) is 9.32. The van der Waals surface area contributed by atoms with Gasteiger partial charge in [-0.1, -0.05) is 11.2 Å². The topological polar surface area (TPSA) is 77.7 Å². The number of nitrogens with zero attached hydrogens (tertiary/aromatic N) is 3. The number of amides is 1. The lowest BCUT2D eigenvalue weighted by Crippen LogP contribution is -2.38. The number of thiophene rings is 1. The van der Waals surface area contributed by atoms with Gasteiger partial charge in [-0.2, -0.15) is 4.98 Å². The third-order valence-electron chi connectivity index (χ3n) is 4.28. The van der Waals surface area contributed by atoms with Crippen LogP contribution < -0.4 is 9.47 Å². The SMILES string of the molecule is CC(C)N(CCc1nc(-c2ccc3c(c2)OCO3)no1)C(=O)c1cccs1. The van der Waals surface area contributed by atoms with Crippen LogP contribution in [0.25, 0.3) is 11.4 Å². The van der Waals surface area contributed by atoms with Crippen molar-refractivity contribution in [3.63, 3.8) is 0 Å². The van der Waals surface area contributed by atoms with Crippen LogP contribution in [0, 0.1) is 0 Å². The van der Waals surface area contributed by atoms with Gasteiger partial charge in [0.2, 0.25) is 18.5 Å². The van der Waals surface area contributed by atoms with E-state index in [2.05, 4.69) is 10.1 Å². The average molecular weight is 385 g/mol. The van der Waals surface area contributed by atoms with Gasteiger partial charge >= 0.3 is 0 Å². The Labute approximate surface area is 160 Å². The van der Waals surface area contributed by atoms with E-state index in [4.69, 9.17) is 14.0 Å². The Morgan fingerprint density at radius 3 is 2.89 bits per heavy atom. The molecule has 1 aromatic carbocycles. The summed E-state index contributed by atoms with van der Waals surface area (Å²) in [5, 5.41) is 5.95. The number of carbonyl (C=O) groups excluding carboxylic acids is 1. The van der Waals surface area contributed by atoms with Gasteiger partial charge in [0.1, 0.15) is 0 Å². The largest absolute Gasteiger partial charge is 0.454 e. The zero-order valence-corrected chi connectivity index (χ0v) is 15.9. The van der Waals surface area contributed by atoms with E-state index in [0.29, 0.717) is 36.2 Å². The van der Waals surface area contributed by atoms with Crippen LogP contribution in [0.2, 0.25) is 0 Å². The van der Waals surface area contributed by atoms with Gasteiger partial charge in [0.15, 0.2) is 11.5 Å². The molecule has 1 aliphatic heterocycles. The molecule has 2 aromatic heterocycles. The molecule has 0 radical (unpaired) electrons. The van der Waals surface area contributed by atoms with Crippen LogP contribution in [0.15, 0.2) is 40.2 Å². The molecule has 7 nitrogen and oxygen atoms in total. The molecule has 4 rings (SSSR count). The van der Waals surface area contributed by atoms with E-state index in [1.165, 1.54) is 11.3 Å². The third kappa shape index (κ3) is 3.66. The number of rotatable bonds is 6. The number of carbonyl (C=O) groups is 1. The van der Waals surface area contributed by atoms with E-state index < -0.39 is 0 Å². The number of ether oxygens (including phenoxy) is 2. The first kappa shape index (κ1) is 17.5. The molecule has 8 heteroatoms. The summed E-state index contributed by atoms with van der Waals surface area (Å²) < 4.78 is 16.1. The zero-order valence-electron chi connectivity index (χ0n) is 15.0. The van der Waals surface area contributed by atoms with Gasteiger partial charge in [0, 0.05) is 24.6 Å². The Balaban J connectivity index is 1.45. The van der Waals surface area contributed by atoms with Crippen molar-refractivity contribution in [3.8, 4) is 22.9 Å². The first-order valence-corrected chi connectivity index (χ1v) is 9.57. The van der Waals surface area contributed by atoms with Crippen molar-refractivity contribution >= 4 is 17.2 Å². The Morgan fingerprint density at radius 2 is 2.11 bits per heavy atom. The van der Waals surface area contributed by atoms with E-state index in [9.17, 15) is 4.79 Å². The highest BCUT2D eigenvalue weighted by Gasteiger charge is 2.21. The smallest absolute Gasteiger partial charge is 0.264 e. The molecule has 1 aliphatic rings. The normalized spacial score (nSPS) is 12.6. The van der Waals surface area contributed by atoms with Gasteiger partial charge in [0.25, 0.3) is 5.91 Å². The Bertz CT molecular complexity index is 936. The lowest BCUT2D eigenvalue weighted by atomic mass is 10.2. The molecule has 0 spiro atoms. The first-order valence-electron chi connectivity index (χ1n) is 8.69. The Morgan fingerprint density at radius 1 is 1.26 bits per heavy atom. The highest BCUT2D eigenvalue weighted by atomic mass is 32.1. The van der Waals surface area contributed by atoms with Gasteiger partial charge in [-0.15, -0.1) is 11.3 Å². The fraction of sp³-hybridized carbons (Fsp3) is 0.316. The van der Waals surface area contributed by atoms with Gasteiger partial charge in [-0.25, -0.2) is 0 Å². The Kier molecular flexibility index (Phi) is 4.81. The number of fused-ring (bicyclic) bond motifs is 1. The van der Waals surface area contributed by atoms with E-state index in [-0.39, 0.29) is 18.7 Å². The van der Waals surface area contributed by atoms with Crippen molar-refractivity contribution in [2.24, 2.45) is 0 Å². The molecule has 3 heterocycles. The highest BCUT2D eigenvalue weighted by Crippen LogP contribution is 2.35. The molecule has 1 amide bonds. The molecular weight excluding hydrogens is 366 g/mol. The molecule has 0 bridgehead atoms. The number of aromatic nitrogens is 2. The zero-order chi connectivity index (χ0) is 18.8. The molecule has 140 valence electrons. The van der Waals surface area contributed by atoms with Crippen LogP contribution in [-0.4, -0.2) is 40.3 Å². The number of hydrogen-bond donors (Lipinski definition) is 0. The lowest BCUT2D eigenvalue weighted by Gasteiger charge is -2.25. The van der Waals surface area contributed by atoms with Crippen molar-refractivity contribution in [1.29, 1.82) is 0 Å². The average Bonchev–Trinajstić information content (AvgIpc) is 3.41. The summed E-state index contributed by atoms with van der Waals surface area (Å²) in [6.45, 7) is 4.73. The maximum absolute atomic E-state index is 12.6. The van der Waals surface area contributed by atoms with Crippen molar-refractivity contribution in [1.82, 2.24) is 15.0 Å². The van der Waals surface area contributed by atoms with Crippen LogP contribution in [-0.2, 0) is 6.42 Å². The van der Waals surface area contributed by atoms with E-state index in [0.717, 1.165) is 10.4 Å². The molecule has 0 fully saturated rings. The molecule has 27 heavy (non-hydrogen) atoms. The van der Waals surface area contributed by atoms with Crippen LogP contribution in [0.5, 0.6) is 11.5 Å². The summed E-state index contributed by atoms with van der Waals surface area (Å²) in [6.07, 6.45) is 0.493. The van der Waals surface area contributed by atoms with Crippen LogP contribution in [0.3, 0.4) is 0 Å². The summed E-state index contributed by atoms with van der Waals surface area (Å²) in [7, 11) is 0. The van der Waals surface area contributed by atoms with Gasteiger partial charge in [0.05, 0.1) is 4.88 Å². The van der Waals surface area contributed by atoms with E-state index in [1.807, 2.05) is 54.5 Å². The second-order valence-electron chi connectivity index (χ2n) is 6.40. The maximum atomic E-state index is 12.6. The second-order valence-corrected chi connectivity index (χ2v) is 7.35. The van der Waals surface area contributed by atoms with Gasteiger partial charge < -0.3 is 18.9 Å². The fourth-order valence-electron chi connectivity index (χ4n) is 2.86. The standard InChI is InChI=1S/C19H19N3O4S/c1-12(2)22(19(23)16-4-3-9-27-16)8-7-17-20-18(21-26-17)13-5-6-14-15(10-13)25-11-24-14/h3-6,9-10,12H,7-8,11H2,1-2H3. The van der Waals surface area contributed by atoms with E-state index >= 15 is 0 Å². The minimum atomic E-state index is 0.0236. The minimum absolute atomic E-state index is 0.0236. The predicted octanol–water partition coefficient (Wildman–Crippen LogP) is 3.62. The first-order chi connectivity index (χ1) is 13.1. The summed E-state index contributed by atoms with van der Waals surface area (Å²) in [5.41, 5.74) is 0.796. The quantitative estimate of drug-likeness (QED) is 0.645. The fourth-order valence-corrected chi connectivity index (χ4v) is 3.54. The second kappa shape index (κ2) is 7.40. The van der Waals surface area contributed by atoms with Crippen LogP contribution in [0.1, 0.15) is 29.4 Å². The van der Waals surface area contributed by atoms with Gasteiger partial charge in [-0.05, 0) is 43.5 Å². The molecule has 0 N–H and O–H groups in total. The minimum Gasteiger partial charge on any atom is -0.454 e. The summed E-state index contributed by atoms with van der Waals surface area (Å²) in [4.78, 5) is 19.6. The van der Waals surface area contributed by atoms with Crippen LogP contribution in [0.4, 0.5) is 0 Å². The van der Waals surface area contributed by atoms with Crippen molar-refractivity contribution in [2.45, 2.75) is 26.3 Å². The number of hydrogen-bond acceptors (Lipinski definition) is 7. The van der Waals surface area contributed by atoms with Gasteiger partial charge in [-0.3, -0.25) is 4.79 Å². The maximum Gasteiger partial charge on any atom is 0.264 e. The third-order valence-corrected chi connectivity index (χ3v) is 5.14. The highest BCUT2D eigenvalue weighted by molar-refractivity contribution is 7.12. The van der Waals surface area contributed by atoms with Crippen molar-refractivity contribution in [2.75, 3.05) is 13.3 Å². The molecular formula is C19H19N3O4S. The molecule has 3 aromatic rings. The molecule has 0 saturated heterocycles. The predicted molar refractivity (Wildman–Crippen MR) is 100 cm³/mol. The Hall–Kier alpha value is -2.87. The van der Waals surface area contributed by atoms with Crippen LogP contribution >= 0.6 is 11.3 Å². The number of benzene rings is 1. The molecule has 0 saturated carbocycles.